The molecule has 8 nitrogen and oxygen atoms in total. The van der Waals surface area contributed by atoms with Crippen LogP contribution in [0.3, 0.4) is 0 Å². The van der Waals surface area contributed by atoms with E-state index in [1.807, 2.05) is 71.0 Å². The van der Waals surface area contributed by atoms with Crippen LogP contribution in [0.5, 0.6) is 11.5 Å². The second kappa shape index (κ2) is 12.9. The van der Waals surface area contributed by atoms with Crippen LogP contribution in [0.1, 0.15) is 54.0 Å². The molecular weight excluding hydrogens is 612 g/mol. The maximum atomic E-state index is 14.2. The predicted octanol–water partition coefficient (Wildman–Crippen LogP) is 6.41. The van der Waals surface area contributed by atoms with Crippen molar-refractivity contribution in [2.24, 2.45) is 11.8 Å². The number of amides is 2. The monoisotopic (exact) mass is 650 g/mol. The summed E-state index contributed by atoms with van der Waals surface area (Å²) >= 11 is 3.54. The number of aryl methyl sites for hydroxylation is 4. The summed E-state index contributed by atoms with van der Waals surface area (Å²) in [6, 6.07) is 14.8. The summed E-state index contributed by atoms with van der Waals surface area (Å²) < 4.78 is 11.9. The van der Waals surface area contributed by atoms with Crippen LogP contribution in [0, 0.1) is 39.5 Å². The Bertz CT molecular complexity index is 1570. The van der Waals surface area contributed by atoms with E-state index < -0.39 is 41.0 Å². The fourth-order valence-corrected chi connectivity index (χ4v) is 6.52. The maximum Gasteiger partial charge on any atom is 0.235 e. The van der Waals surface area contributed by atoms with Crippen molar-refractivity contribution in [3.05, 3.63) is 80.8 Å². The highest BCUT2D eigenvalue weighted by molar-refractivity contribution is 9.10. The number of ether oxygens (including phenoxy) is 2. The van der Waals surface area contributed by atoms with Crippen LogP contribution in [-0.2, 0) is 14.4 Å². The molecule has 1 aliphatic carbocycles. The smallest absolute Gasteiger partial charge is 0.235 e. The Morgan fingerprint density at radius 1 is 0.953 bits per heavy atom. The zero-order chi connectivity index (χ0) is 31.6. The third-order valence-corrected chi connectivity index (χ3v) is 8.64. The summed E-state index contributed by atoms with van der Waals surface area (Å²) in [6.45, 7) is 11.2. The largest absolute Gasteiger partial charge is 0.492 e. The first-order chi connectivity index (χ1) is 20.3. The number of hydrogen-bond donors (Lipinski definition) is 3. The molecule has 0 aromatic heterocycles. The normalized spacial score (nSPS) is 21.7. The van der Waals surface area contributed by atoms with Crippen molar-refractivity contribution in [1.29, 1.82) is 0 Å². The number of halogens is 1. The van der Waals surface area contributed by atoms with Gasteiger partial charge in [0.15, 0.2) is 11.5 Å². The Morgan fingerprint density at radius 2 is 1.51 bits per heavy atom. The molecule has 2 amide bonds. The van der Waals surface area contributed by atoms with E-state index in [9.17, 15) is 19.5 Å². The minimum absolute atomic E-state index is 0.334. The third kappa shape index (κ3) is 6.78. The second-order valence-electron chi connectivity index (χ2n) is 11.6. The molecule has 4 rings (SSSR count). The van der Waals surface area contributed by atoms with Crippen molar-refractivity contribution in [3.63, 3.8) is 0 Å². The van der Waals surface area contributed by atoms with E-state index in [0.29, 0.717) is 39.5 Å². The average molecular weight is 652 g/mol. The summed E-state index contributed by atoms with van der Waals surface area (Å²) in [4.78, 5) is 42.1. The van der Waals surface area contributed by atoms with E-state index in [4.69, 9.17) is 9.47 Å². The number of anilines is 2. The Hall–Kier alpha value is -3.69. The number of carbonyl (C=O) groups is 3. The molecular formula is C34H39BrN2O6. The van der Waals surface area contributed by atoms with Crippen molar-refractivity contribution in [3.8, 4) is 11.5 Å². The number of hydrogen-bond acceptors (Lipinski definition) is 6. The maximum absolute atomic E-state index is 14.2. The fourth-order valence-electron chi connectivity index (χ4n) is 5.90. The zero-order valence-corrected chi connectivity index (χ0v) is 27.2. The number of methoxy groups -OCH3 is 1. The quantitative estimate of drug-likeness (QED) is 0.243. The van der Waals surface area contributed by atoms with Crippen LogP contribution in [0.2, 0.25) is 0 Å². The fraction of sp³-hybridized carbons (Fsp3) is 0.382. The predicted molar refractivity (Wildman–Crippen MR) is 171 cm³/mol. The molecule has 0 spiro atoms. The van der Waals surface area contributed by atoms with Crippen molar-refractivity contribution < 1.29 is 29.0 Å². The van der Waals surface area contributed by atoms with Crippen LogP contribution in [-0.4, -0.2) is 42.0 Å². The first-order valence-electron chi connectivity index (χ1n) is 14.3. The minimum atomic E-state index is -1.75. The standard InChI is InChI=1S/C34H39BrN2O6/c1-8-43-27-16-22(15-23(35)31(27)42-7)28-29(32(39)36-24-13-18(2)9-11-20(24)4)26(38)17-34(6,41)30(28)33(40)37-25-14-19(3)10-12-21(25)5/h9-16,28-30,41H,8,17H2,1-7H3,(H,36,39)(H,37,40). The number of aliphatic hydroxyl groups is 1. The molecule has 0 bridgehead atoms. The molecule has 3 N–H and O–H groups in total. The molecule has 3 aromatic carbocycles. The molecule has 0 heterocycles. The second-order valence-corrected chi connectivity index (χ2v) is 12.4. The lowest BCUT2D eigenvalue weighted by atomic mass is 9.61. The van der Waals surface area contributed by atoms with Crippen LogP contribution in [0.4, 0.5) is 11.4 Å². The lowest BCUT2D eigenvalue weighted by Crippen LogP contribution is -2.56. The highest BCUT2D eigenvalue weighted by atomic mass is 79.9. The molecule has 0 aliphatic heterocycles. The van der Waals surface area contributed by atoms with Gasteiger partial charge in [0.25, 0.3) is 0 Å². The van der Waals surface area contributed by atoms with Gasteiger partial charge >= 0.3 is 0 Å². The molecule has 9 heteroatoms. The Kier molecular flexibility index (Phi) is 9.66. The van der Waals surface area contributed by atoms with Gasteiger partial charge in [-0.1, -0.05) is 24.3 Å². The lowest BCUT2D eigenvalue weighted by Gasteiger charge is -2.44. The molecule has 0 radical (unpaired) electrons. The Labute approximate surface area is 261 Å². The van der Waals surface area contributed by atoms with Crippen molar-refractivity contribution in [1.82, 2.24) is 0 Å². The van der Waals surface area contributed by atoms with Gasteiger partial charge in [-0.25, -0.2) is 0 Å². The highest BCUT2D eigenvalue weighted by Gasteiger charge is 2.56. The number of ketones is 1. The summed E-state index contributed by atoms with van der Waals surface area (Å²) in [5.41, 5.74) is 3.48. The Morgan fingerprint density at radius 3 is 2.05 bits per heavy atom. The van der Waals surface area contributed by atoms with E-state index in [1.54, 1.807) is 12.1 Å². The first kappa shape index (κ1) is 32.2. The van der Waals surface area contributed by atoms with Gasteiger partial charge in [-0.2, -0.15) is 0 Å². The SMILES string of the molecule is CCOc1cc(C2C(C(=O)Nc3cc(C)ccc3C)C(=O)CC(C)(O)C2C(=O)Nc2cc(C)ccc2C)cc(Br)c1OC. The van der Waals surface area contributed by atoms with Gasteiger partial charge in [0, 0.05) is 23.7 Å². The van der Waals surface area contributed by atoms with Gasteiger partial charge in [-0.05, 0) is 110 Å². The van der Waals surface area contributed by atoms with Gasteiger partial charge in [0.1, 0.15) is 11.7 Å². The topological polar surface area (TPSA) is 114 Å². The molecule has 1 saturated carbocycles. The van der Waals surface area contributed by atoms with E-state index in [-0.39, 0.29) is 6.42 Å². The number of Topliss-reactive ketones (excluding diaryl/α,β-unsaturated/α-hetero) is 1. The molecule has 1 fully saturated rings. The molecule has 3 aromatic rings. The Balaban J connectivity index is 1.89. The van der Waals surface area contributed by atoms with Crippen LogP contribution < -0.4 is 20.1 Å². The summed E-state index contributed by atoms with van der Waals surface area (Å²) in [7, 11) is 1.51. The highest BCUT2D eigenvalue weighted by Crippen LogP contribution is 2.49. The van der Waals surface area contributed by atoms with Crippen LogP contribution >= 0.6 is 15.9 Å². The molecule has 1 aliphatic rings. The van der Waals surface area contributed by atoms with E-state index in [1.165, 1.54) is 14.0 Å². The molecule has 43 heavy (non-hydrogen) atoms. The summed E-state index contributed by atoms with van der Waals surface area (Å²) in [6.07, 6.45) is -0.366. The minimum Gasteiger partial charge on any atom is -0.492 e. The first-order valence-corrected chi connectivity index (χ1v) is 15.1. The van der Waals surface area contributed by atoms with E-state index >= 15 is 0 Å². The number of carbonyl (C=O) groups excluding carboxylic acids is 3. The van der Waals surface area contributed by atoms with Crippen molar-refractivity contribution in [2.45, 2.75) is 59.5 Å². The van der Waals surface area contributed by atoms with Gasteiger partial charge in [-0.3, -0.25) is 14.4 Å². The molecule has 228 valence electrons. The average Bonchev–Trinajstić information content (AvgIpc) is 2.91. The number of benzene rings is 3. The molecule has 0 saturated heterocycles. The van der Waals surface area contributed by atoms with Gasteiger partial charge in [-0.15, -0.1) is 0 Å². The van der Waals surface area contributed by atoms with E-state index in [2.05, 4.69) is 26.6 Å². The summed E-state index contributed by atoms with van der Waals surface area (Å²) in [5, 5.41) is 17.7. The van der Waals surface area contributed by atoms with Crippen LogP contribution in [0.15, 0.2) is 53.0 Å². The van der Waals surface area contributed by atoms with Gasteiger partial charge in [0.2, 0.25) is 11.8 Å². The number of rotatable bonds is 8. The summed E-state index contributed by atoms with van der Waals surface area (Å²) in [5.74, 6) is -4.16. The zero-order valence-electron chi connectivity index (χ0n) is 25.6. The van der Waals surface area contributed by atoms with Crippen molar-refractivity contribution in [2.75, 3.05) is 24.4 Å². The van der Waals surface area contributed by atoms with Crippen molar-refractivity contribution >= 4 is 44.9 Å². The van der Waals surface area contributed by atoms with Gasteiger partial charge in [0.05, 0.1) is 29.7 Å². The third-order valence-electron chi connectivity index (χ3n) is 8.05. The number of nitrogens with one attached hydrogen (secondary N) is 2. The molecule has 4 atom stereocenters. The van der Waals surface area contributed by atoms with Gasteiger partial charge < -0.3 is 25.2 Å². The van der Waals surface area contributed by atoms with E-state index in [0.717, 1.165) is 22.3 Å². The lowest BCUT2D eigenvalue weighted by molar-refractivity contribution is -0.150. The molecule has 4 unspecified atom stereocenters. The van der Waals surface area contributed by atoms with Crippen LogP contribution in [0.25, 0.3) is 0 Å².